The number of rotatable bonds is 12. The largest absolute Gasteiger partial charge is 0.389 e. The topological polar surface area (TPSA) is 168 Å². The zero-order valence-corrected chi connectivity index (χ0v) is 25.8. The van der Waals surface area contributed by atoms with E-state index in [1.807, 2.05) is 27.7 Å². The van der Waals surface area contributed by atoms with Gasteiger partial charge >= 0.3 is 12.2 Å². The van der Waals surface area contributed by atoms with E-state index < -0.39 is 78.1 Å². The lowest BCUT2D eigenvalue weighted by Gasteiger charge is -2.38. The number of fused-ring (bicyclic) bond motifs is 1. The molecule has 0 aromatic heterocycles. The van der Waals surface area contributed by atoms with E-state index in [-0.39, 0.29) is 41.4 Å². The molecule has 3 rings (SSSR count). The fourth-order valence-electron chi connectivity index (χ4n) is 6.14. The third-order valence-corrected chi connectivity index (χ3v) is 8.98. The molecule has 2 saturated carbocycles. The van der Waals surface area contributed by atoms with E-state index in [0.29, 0.717) is 0 Å². The molecule has 3 fully saturated rings. The minimum atomic E-state index is -4.65. The summed E-state index contributed by atoms with van der Waals surface area (Å²) >= 11 is 0. The standard InChI is InChI=1S/C29H44F3N5O6/c1-13(2)18(20(38)14-8-9-14)35-26(43)36-22(27(3,4)5)25(42)37-12-15-17(28(15,6)7)19(37)24(41)34-16(21(39)23(33)40)10-11-29(30,31)32/h13-19,22H,8-12H2,1-7H3,(H2,33,40)(H,34,41)(H2,35,36,43)/t15-,16?,17-,18-,19-,22+/m0/s1. The van der Waals surface area contributed by atoms with Crippen molar-refractivity contribution < 1.29 is 41.9 Å². The molecular weight excluding hydrogens is 571 g/mol. The molecule has 3 aliphatic rings. The summed E-state index contributed by atoms with van der Waals surface area (Å²) in [6.45, 7) is 12.7. The van der Waals surface area contributed by atoms with Crippen molar-refractivity contribution in [3.05, 3.63) is 0 Å². The van der Waals surface area contributed by atoms with Gasteiger partial charge in [0, 0.05) is 18.9 Å². The van der Waals surface area contributed by atoms with Crippen LogP contribution in [-0.2, 0) is 24.0 Å². The molecule has 1 unspecified atom stereocenters. The van der Waals surface area contributed by atoms with Crippen LogP contribution in [0.4, 0.5) is 18.0 Å². The summed E-state index contributed by atoms with van der Waals surface area (Å²) in [7, 11) is 0. The summed E-state index contributed by atoms with van der Waals surface area (Å²) in [5, 5.41) is 7.65. The number of nitrogens with one attached hydrogen (secondary N) is 3. The van der Waals surface area contributed by atoms with Crippen LogP contribution in [0.15, 0.2) is 0 Å². The number of primary amides is 1. The molecule has 0 aromatic rings. The van der Waals surface area contributed by atoms with Gasteiger partial charge < -0.3 is 26.6 Å². The average molecular weight is 616 g/mol. The molecule has 43 heavy (non-hydrogen) atoms. The summed E-state index contributed by atoms with van der Waals surface area (Å²) in [4.78, 5) is 78.6. The van der Waals surface area contributed by atoms with Gasteiger partial charge in [-0.25, -0.2) is 4.79 Å². The van der Waals surface area contributed by atoms with Crippen molar-refractivity contribution in [3.8, 4) is 0 Å². The van der Waals surface area contributed by atoms with Crippen LogP contribution in [0.25, 0.3) is 0 Å². The maximum absolute atomic E-state index is 14.0. The van der Waals surface area contributed by atoms with Crippen molar-refractivity contribution in [3.63, 3.8) is 0 Å². The van der Waals surface area contributed by atoms with Crippen LogP contribution in [0, 0.1) is 34.5 Å². The Labute approximate surface area is 249 Å². The normalized spacial score (nSPS) is 24.8. The Bertz CT molecular complexity index is 1160. The van der Waals surface area contributed by atoms with Crippen LogP contribution in [-0.4, -0.2) is 77.1 Å². The molecule has 5 amide bonds. The van der Waals surface area contributed by atoms with Crippen molar-refractivity contribution in [2.24, 2.45) is 40.2 Å². The minimum Gasteiger partial charge on any atom is -0.363 e. The third kappa shape index (κ3) is 7.86. The number of carbonyl (C=O) groups excluding carboxylic acids is 6. The number of hydrogen-bond donors (Lipinski definition) is 4. The van der Waals surface area contributed by atoms with E-state index in [9.17, 15) is 41.9 Å². The molecule has 14 heteroatoms. The molecule has 1 saturated heterocycles. The molecule has 242 valence electrons. The predicted octanol–water partition coefficient (Wildman–Crippen LogP) is 2.07. The predicted molar refractivity (Wildman–Crippen MR) is 149 cm³/mol. The number of hydrogen-bond acceptors (Lipinski definition) is 6. The number of urea groups is 1. The van der Waals surface area contributed by atoms with Gasteiger partial charge in [-0.3, -0.25) is 24.0 Å². The molecule has 11 nitrogen and oxygen atoms in total. The van der Waals surface area contributed by atoms with E-state index in [1.165, 1.54) is 4.90 Å². The number of amides is 5. The van der Waals surface area contributed by atoms with Crippen molar-refractivity contribution in [2.75, 3.05) is 6.54 Å². The number of nitrogens with zero attached hydrogens (tertiary/aromatic N) is 1. The first-order valence-corrected chi connectivity index (χ1v) is 14.7. The molecule has 5 N–H and O–H groups in total. The SMILES string of the molecule is CC(C)[C@H](NC(=O)N[C@H](C(=O)N1C[C@H]2[C@@H]([C@H]1C(=O)NC(CCC(F)(F)F)C(=O)C(N)=O)C2(C)C)C(C)(C)C)C(=O)C1CC1. The first-order valence-electron chi connectivity index (χ1n) is 14.7. The molecule has 2 aliphatic carbocycles. The molecule has 6 atom stereocenters. The Hall–Kier alpha value is -3.19. The highest BCUT2D eigenvalue weighted by Gasteiger charge is 2.70. The van der Waals surface area contributed by atoms with Gasteiger partial charge in [-0.1, -0.05) is 48.5 Å². The Morgan fingerprint density at radius 1 is 0.977 bits per heavy atom. The quantitative estimate of drug-likeness (QED) is 0.245. The number of piperidine rings is 1. The maximum atomic E-state index is 14.0. The third-order valence-electron chi connectivity index (χ3n) is 8.98. The van der Waals surface area contributed by atoms with Gasteiger partial charge in [-0.15, -0.1) is 0 Å². The van der Waals surface area contributed by atoms with Crippen LogP contribution in [0.2, 0.25) is 0 Å². The number of ketones is 2. The van der Waals surface area contributed by atoms with Gasteiger partial charge in [-0.2, -0.15) is 13.2 Å². The second-order valence-electron chi connectivity index (χ2n) is 14.1. The summed E-state index contributed by atoms with van der Waals surface area (Å²) in [5.41, 5.74) is 3.82. The molecule has 0 aromatic carbocycles. The van der Waals surface area contributed by atoms with Gasteiger partial charge in [0.1, 0.15) is 12.1 Å². The number of nitrogens with two attached hydrogens (primary N) is 1. The molecule has 0 spiro atoms. The lowest BCUT2D eigenvalue weighted by molar-refractivity contribution is -0.147. The minimum absolute atomic E-state index is 0.0621. The Morgan fingerprint density at radius 3 is 2.02 bits per heavy atom. The van der Waals surface area contributed by atoms with Crippen LogP contribution >= 0.6 is 0 Å². The number of likely N-dealkylation sites (tertiary alicyclic amines) is 1. The molecule has 1 aliphatic heterocycles. The van der Waals surface area contributed by atoms with Crippen molar-refractivity contribution in [2.45, 2.75) is 104 Å². The molecule has 0 radical (unpaired) electrons. The van der Waals surface area contributed by atoms with Gasteiger partial charge in [0.15, 0.2) is 5.78 Å². The molecule has 1 heterocycles. The first-order chi connectivity index (χ1) is 19.6. The summed E-state index contributed by atoms with van der Waals surface area (Å²) in [6.07, 6.45) is -5.43. The Balaban J connectivity index is 1.82. The van der Waals surface area contributed by atoms with Gasteiger partial charge in [-0.05, 0) is 47.8 Å². The first kappa shape index (κ1) is 34.3. The van der Waals surface area contributed by atoms with Crippen molar-refractivity contribution in [1.29, 1.82) is 0 Å². The smallest absolute Gasteiger partial charge is 0.363 e. The highest BCUT2D eigenvalue weighted by molar-refractivity contribution is 6.37. The number of Topliss-reactive ketones (excluding diaryl/α,β-unsaturated/α-hetero) is 2. The highest BCUT2D eigenvalue weighted by Crippen LogP contribution is 2.65. The van der Waals surface area contributed by atoms with Crippen LogP contribution in [0.5, 0.6) is 0 Å². The summed E-state index contributed by atoms with van der Waals surface area (Å²) < 4.78 is 38.8. The Kier molecular flexibility index (Phi) is 9.63. The van der Waals surface area contributed by atoms with Gasteiger partial charge in [0.2, 0.25) is 17.6 Å². The van der Waals surface area contributed by atoms with E-state index in [4.69, 9.17) is 5.73 Å². The van der Waals surface area contributed by atoms with E-state index >= 15 is 0 Å². The van der Waals surface area contributed by atoms with Crippen molar-refractivity contribution in [1.82, 2.24) is 20.9 Å². The lowest BCUT2D eigenvalue weighted by atomic mass is 9.85. The van der Waals surface area contributed by atoms with Gasteiger partial charge in [0.25, 0.3) is 5.91 Å². The van der Waals surface area contributed by atoms with E-state index in [0.717, 1.165) is 12.8 Å². The molecule has 0 bridgehead atoms. The van der Waals surface area contributed by atoms with Crippen LogP contribution in [0.1, 0.15) is 74.1 Å². The number of carbonyl (C=O) groups is 6. The monoisotopic (exact) mass is 615 g/mol. The van der Waals surface area contributed by atoms with E-state index in [2.05, 4.69) is 16.0 Å². The second-order valence-corrected chi connectivity index (χ2v) is 14.1. The molecular formula is C29H44F3N5O6. The number of halogens is 3. The number of alkyl halides is 3. The fourth-order valence-corrected chi connectivity index (χ4v) is 6.14. The second kappa shape index (κ2) is 12.1. The van der Waals surface area contributed by atoms with Gasteiger partial charge in [0.05, 0.1) is 12.1 Å². The average Bonchev–Trinajstić information content (AvgIpc) is 3.74. The van der Waals surface area contributed by atoms with E-state index in [1.54, 1.807) is 20.8 Å². The zero-order valence-electron chi connectivity index (χ0n) is 25.8. The Morgan fingerprint density at radius 2 is 1.56 bits per heavy atom. The summed E-state index contributed by atoms with van der Waals surface area (Å²) in [5.74, 6) is -5.12. The highest BCUT2D eigenvalue weighted by atomic mass is 19.4. The van der Waals surface area contributed by atoms with Crippen LogP contribution in [0.3, 0.4) is 0 Å². The summed E-state index contributed by atoms with van der Waals surface area (Å²) in [6, 6.07) is -5.57. The van der Waals surface area contributed by atoms with Crippen LogP contribution < -0.4 is 21.7 Å². The maximum Gasteiger partial charge on any atom is 0.389 e. The van der Waals surface area contributed by atoms with Crippen molar-refractivity contribution >= 4 is 35.3 Å². The lowest BCUT2D eigenvalue weighted by Crippen LogP contribution is -2.62. The fraction of sp³-hybridized carbons (Fsp3) is 0.793. The zero-order chi connectivity index (χ0) is 32.8.